The molecule has 0 saturated heterocycles. The summed E-state index contributed by atoms with van der Waals surface area (Å²) < 4.78 is 9.38. The molecule has 0 fully saturated rings. The molecule has 118 heavy (non-hydrogen) atoms. The van der Waals surface area contributed by atoms with Gasteiger partial charge in [-0.1, -0.05) is 346 Å². The molecule has 0 saturated carbocycles. The first kappa shape index (κ1) is 66.9. The number of fused-ring (bicyclic) bond motifs is 24. The van der Waals surface area contributed by atoms with Crippen LogP contribution in [-0.4, -0.2) is 39.9 Å². The van der Waals surface area contributed by atoms with Gasteiger partial charge in [-0.05, 0) is 122 Å². The summed E-state index contributed by atoms with van der Waals surface area (Å²) in [5.74, 6) is 2.67. The molecule has 0 aliphatic rings. The Hall–Kier alpha value is -15.6. The highest BCUT2D eigenvalue weighted by molar-refractivity contribution is 7.26. The first-order chi connectivity index (χ1) is 58.5. The molecule has 0 radical (unpaired) electrons. The maximum Gasteiger partial charge on any atom is 0.180 e. The van der Waals surface area contributed by atoms with Crippen LogP contribution in [0.5, 0.6) is 0 Å². The van der Waals surface area contributed by atoms with Crippen molar-refractivity contribution < 1.29 is 4.42 Å². The van der Waals surface area contributed by atoms with Crippen LogP contribution in [0.1, 0.15) is 0 Å². The summed E-state index contributed by atoms with van der Waals surface area (Å²) in [4.78, 5) is 42.3. The number of furan rings is 1. The number of thiophene rings is 1. The van der Waals surface area contributed by atoms with E-state index < -0.39 is 0 Å². The second kappa shape index (κ2) is 27.0. The summed E-state index contributed by atoms with van der Waals surface area (Å²) in [6, 6.07) is 132. The van der Waals surface area contributed by atoms with Gasteiger partial charge in [0.15, 0.2) is 28.9 Å². The second-order valence-electron chi connectivity index (χ2n) is 30.2. The average molecular weight is 1520 g/mol. The number of nitrogens with zero attached hydrogens (tertiary/aromatic N) is 8. The van der Waals surface area contributed by atoms with Gasteiger partial charge in [0.1, 0.15) is 16.8 Å². The summed E-state index contributed by atoms with van der Waals surface area (Å²) in [5.41, 5.74) is 16.5. The second-order valence-corrected chi connectivity index (χ2v) is 31.3. The molecule has 0 aliphatic heterocycles. The van der Waals surface area contributed by atoms with E-state index in [0.29, 0.717) is 28.9 Å². The normalized spacial score (nSPS) is 11.9. The fourth-order valence-electron chi connectivity index (χ4n) is 18.0. The van der Waals surface area contributed by atoms with Crippen LogP contribution in [0.3, 0.4) is 0 Å². The molecule has 25 rings (SSSR count). The average Bonchev–Trinajstić information content (AvgIpc) is 1.64. The van der Waals surface area contributed by atoms with Crippen molar-refractivity contribution in [3.05, 3.63) is 376 Å². The van der Waals surface area contributed by atoms with Crippen LogP contribution in [0.25, 0.3) is 252 Å². The van der Waals surface area contributed by atoms with E-state index in [1.54, 1.807) is 11.3 Å². The zero-order valence-electron chi connectivity index (χ0n) is 63.2. The highest BCUT2D eigenvalue weighted by Gasteiger charge is 2.27. The summed E-state index contributed by atoms with van der Waals surface area (Å²) in [6.45, 7) is 0. The molecule has 0 aliphatic carbocycles. The Balaban J connectivity index is 0.000000138. The van der Waals surface area contributed by atoms with E-state index in [2.05, 4.69) is 340 Å². The van der Waals surface area contributed by atoms with Gasteiger partial charge in [-0.3, -0.25) is 0 Å². The molecule has 10 heteroatoms. The van der Waals surface area contributed by atoms with E-state index in [-0.39, 0.29) is 0 Å². The van der Waals surface area contributed by atoms with E-state index in [1.165, 1.54) is 63.9 Å². The molecular formula is C108H62N8OS. The Labute approximate surface area is 678 Å². The zero-order valence-corrected chi connectivity index (χ0v) is 64.0. The topological polar surface area (TPSA) is 116 Å². The van der Waals surface area contributed by atoms with Crippen molar-refractivity contribution in [2.24, 2.45) is 0 Å². The summed E-state index contributed by atoms with van der Waals surface area (Å²) in [6.07, 6.45) is 0. The predicted octanol–water partition coefficient (Wildman–Crippen LogP) is 28.8. The van der Waals surface area contributed by atoms with Crippen molar-refractivity contribution in [2.45, 2.75) is 0 Å². The van der Waals surface area contributed by atoms with Crippen LogP contribution >= 0.6 is 11.3 Å². The Morgan fingerprint density at radius 1 is 0.195 bits per heavy atom. The Morgan fingerprint density at radius 2 is 0.576 bits per heavy atom. The fraction of sp³-hybridized carbons (Fsp3) is 0. The molecule has 0 unspecified atom stereocenters. The first-order valence-electron chi connectivity index (χ1n) is 39.7. The lowest BCUT2D eigenvalue weighted by atomic mass is 9.94. The molecule has 6 heterocycles. The van der Waals surface area contributed by atoms with Gasteiger partial charge in [0.2, 0.25) is 0 Å². The largest absolute Gasteiger partial charge is 0.451 e. The maximum atomic E-state index is 7.08. The molecule has 9 nitrogen and oxygen atoms in total. The summed E-state index contributed by atoms with van der Waals surface area (Å²) in [7, 11) is 0. The third-order valence-corrected chi connectivity index (χ3v) is 24.7. The van der Waals surface area contributed by atoms with Crippen molar-refractivity contribution in [2.75, 3.05) is 0 Å². The lowest BCUT2D eigenvalue weighted by Gasteiger charge is -2.14. The maximum absolute atomic E-state index is 7.08. The summed E-state index contributed by atoms with van der Waals surface area (Å²) in [5, 5.41) is 25.3. The number of aromatic nitrogens is 8. The monoisotopic (exact) mass is 1520 g/mol. The molecule has 0 atom stereocenters. The van der Waals surface area contributed by atoms with Crippen LogP contribution in [0.2, 0.25) is 0 Å². The molecule has 0 amide bonds. The number of para-hydroxylation sites is 2. The Bertz CT molecular complexity index is 8520. The molecular weight excluding hydrogens is 1460 g/mol. The van der Waals surface area contributed by atoms with Gasteiger partial charge in [0.25, 0.3) is 0 Å². The fourth-order valence-corrected chi connectivity index (χ4v) is 19.2. The van der Waals surface area contributed by atoms with Gasteiger partial charge in [-0.25, -0.2) is 39.9 Å². The third-order valence-electron chi connectivity index (χ3n) is 23.5. The van der Waals surface area contributed by atoms with Crippen LogP contribution < -0.4 is 0 Å². The van der Waals surface area contributed by atoms with Crippen molar-refractivity contribution in [1.82, 2.24) is 39.9 Å². The van der Waals surface area contributed by atoms with Crippen molar-refractivity contribution in [1.29, 1.82) is 0 Å². The molecule has 0 N–H and O–H groups in total. The van der Waals surface area contributed by atoms with Gasteiger partial charge in [-0.2, -0.15) is 0 Å². The van der Waals surface area contributed by atoms with Gasteiger partial charge < -0.3 is 4.42 Å². The minimum atomic E-state index is 0.610. The smallest absolute Gasteiger partial charge is 0.180 e. The number of benzene rings is 19. The minimum Gasteiger partial charge on any atom is -0.451 e. The number of hydrogen-bond donors (Lipinski definition) is 0. The number of hydrogen-bond acceptors (Lipinski definition) is 10. The first-order valence-corrected chi connectivity index (χ1v) is 40.5. The van der Waals surface area contributed by atoms with Crippen LogP contribution in [0.15, 0.2) is 381 Å². The van der Waals surface area contributed by atoms with E-state index >= 15 is 0 Å². The van der Waals surface area contributed by atoms with Crippen LogP contribution in [-0.2, 0) is 0 Å². The van der Waals surface area contributed by atoms with Crippen LogP contribution in [0, 0.1) is 0 Å². The van der Waals surface area contributed by atoms with E-state index in [0.717, 1.165) is 159 Å². The highest BCUT2D eigenvalue weighted by Crippen LogP contribution is 2.49. The lowest BCUT2D eigenvalue weighted by Crippen LogP contribution is -1.97. The van der Waals surface area contributed by atoms with E-state index in [1.807, 2.05) is 36.4 Å². The van der Waals surface area contributed by atoms with Gasteiger partial charge in [0, 0.05) is 70.8 Å². The van der Waals surface area contributed by atoms with Gasteiger partial charge in [-0.15, -0.1) is 11.3 Å². The lowest BCUT2D eigenvalue weighted by molar-refractivity contribution is 0.671. The number of rotatable bonds is 8. The SMILES string of the molecule is c1ccc(-c2nc(-c3ccc(-c4nc(-c5cccc6c5ccc5ccccc56)c5sc6ccc7ccccc7c6c5n4)cc3)c3ccccc3n2)cc1.c1ccc2c(c1)cc(-c1nc(-c3ccc(-c4nc(-c5cc6ccccc6c6ccccc56)c5oc6c7ccccc7c7ccccc7c6c5n4)cc3)nc3ccccc13)c1ccccc12. The van der Waals surface area contributed by atoms with Crippen molar-refractivity contribution >= 4 is 172 Å². The minimum absolute atomic E-state index is 0.610. The highest BCUT2D eigenvalue weighted by atomic mass is 32.1. The third kappa shape index (κ3) is 10.8. The molecule has 25 aromatic rings. The molecule has 546 valence electrons. The van der Waals surface area contributed by atoms with Crippen molar-refractivity contribution in [3.8, 4) is 90.6 Å². The molecule has 19 aromatic carbocycles. The van der Waals surface area contributed by atoms with Gasteiger partial charge in [0.05, 0.1) is 43.7 Å². The Morgan fingerprint density at radius 3 is 1.18 bits per heavy atom. The molecule has 0 spiro atoms. The Kier molecular flexibility index (Phi) is 15.3. The predicted molar refractivity (Wildman–Crippen MR) is 491 cm³/mol. The van der Waals surface area contributed by atoms with Gasteiger partial charge >= 0.3 is 0 Å². The van der Waals surface area contributed by atoms with Crippen molar-refractivity contribution in [3.63, 3.8) is 0 Å². The van der Waals surface area contributed by atoms with Crippen LogP contribution in [0.4, 0.5) is 0 Å². The standard InChI is InChI=1S/C60H34N4O.C48H28N4S/c1-3-17-39-37(15-1)33-50(45-23-7-5-19-41(39)45)54-49-27-13-14-28-52(49)61-59(62-54)35-29-31-36(32-30-35)60-63-55(51-34-38-16-2-4-18-40(38)42-20-6-8-24-46(42)51)58-56(64-60)53-47-25-11-9-21-43(47)44-22-10-12-26-48(44)57(53)65-58;1-2-13-32(14-3-1)47-49-40-20-9-8-17-39(40)43(50-47)31-21-23-33(24-22-31)48-51-44(38-19-10-18-36-34-15-6-4-11-29(34)25-27-37(36)38)46-45(52-48)42-35-16-7-5-12-30(35)26-28-41(42)53-46/h1-34H;1-28H. The quantitative estimate of drug-likeness (QED) is 0.137. The summed E-state index contributed by atoms with van der Waals surface area (Å²) >= 11 is 1.78. The van der Waals surface area contributed by atoms with E-state index in [4.69, 9.17) is 44.3 Å². The van der Waals surface area contributed by atoms with E-state index in [9.17, 15) is 0 Å². The zero-order chi connectivity index (χ0) is 77.5. The molecule has 6 aromatic heterocycles. The molecule has 0 bridgehead atoms.